The standard InChI is InChI=1S/C16H20ClNO/c1-11(2)5-3-7-15(19)13-8-9-14(17)12-6-4-10-18-16(12)13/h4,6,8-11,15,19H,3,5,7H2,1-2H3. The molecule has 0 aliphatic rings. The summed E-state index contributed by atoms with van der Waals surface area (Å²) < 4.78 is 0. The zero-order chi connectivity index (χ0) is 13.8. The van der Waals surface area contributed by atoms with E-state index >= 15 is 0 Å². The van der Waals surface area contributed by atoms with Gasteiger partial charge in [0.15, 0.2) is 0 Å². The first-order chi connectivity index (χ1) is 9.09. The molecule has 0 saturated carbocycles. The van der Waals surface area contributed by atoms with Crippen molar-refractivity contribution in [2.45, 2.75) is 39.2 Å². The van der Waals surface area contributed by atoms with Gasteiger partial charge in [-0.3, -0.25) is 4.98 Å². The predicted molar refractivity (Wildman–Crippen MR) is 80.4 cm³/mol. The largest absolute Gasteiger partial charge is 0.388 e. The number of aliphatic hydroxyl groups excluding tert-OH is 1. The van der Waals surface area contributed by atoms with Gasteiger partial charge >= 0.3 is 0 Å². The summed E-state index contributed by atoms with van der Waals surface area (Å²) in [6.45, 7) is 4.40. The van der Waals surface area contributed by atoms with Crippen molar-refractivity contribution in [1.29, 1.82) is 0 Å². The third-order valence-electron chi connectivity index (χ3n) is 3.37. The highest BCUT2D eigenvalue weighted by molar-refractivity contribution is 6.35. The third kappa shape index (κ3) is 3.46. The van der Waals surface area contributed by atoms with Crippen LogP contribution >= 0.6 is 11.6 Å². The number of halogens is 1. The van der Waals surface area contributed by atoms with Crippen molar-refractivity contribution in [3.05, 3.63) is 41.0 Å². The Morgan fingerprint density at radius 2 is 2.00 bits per heavy atom. The van der Waals surface area contributed by atoms with Crippen LogP contribution in [0.3, 0.4) is 0 Å². The van der Waals surface area contributed by atoms with E-state index in [1.165, 1.54) is 0 Å². The number of hydrogen-bond acceptors (Lipinski definition) is 2. The minimum atomic E-state index is -0.464. The highest BCUT2D eigenvalue weighted by atomic mass is 35.5. The topological polar surface area (TPSA) is 33.1 Å². The van der Waals surface area contributed by atoms with E-state index in [0.29, 0.717) is 10.9 Å². The molecule has 19 heavy (non-hydrogen) atoms. The van der Waals surface area contributed by atoms with Crippen LogP contribution in [-0.4, -0.2) is 10.1 Å². The Morgan fingerprint density at radius 1 is 1.21 bits per heavy atom. The second-order valence-corrected chi connectivity index (χ2v) is 5.78. The first kappa shape index (κ1) is 14.3. The van der Waals surface area contributed by atoms with Crippen LogP contribution in [0.5, 0.6) is 0 Å². The van der Waals surface area contributed by atoms with Gasteiger partial charge in [-0.2, -0.15) is 0 Å². The Labute approximate surface area is 119 Å². The molecular formula is C16H20ClNO. The van der Waals surface area contributed by atoms with Gasteiger partial charge < -0.3 is 5.11 Å². The maximum Gasteiger partial charge on any atom is 0.0811 e. The van der Waals surface area contributed by atoms with Crippen LogP contribution in [0.2, 0.25) is 5.02 Å². The molecule has 102 valence electrons. The van der Waals surface area contributed by atoms with Gasteiger partial charge in [0.25, 0.3) is 0 Å². The van der Waals surface area contributed by atoms with Crippen LogP contribution in [-0.2, 0) is 0 Å². The van der Waals surface area contributed by atoms with E-state index in [1.54, 1.807) is 6.20 Å². The van der Waals surface area contributed by atoms with Gasteiger partial charge in [-0.15, -0.1) is 0 Å². The number of benzene rings is 1. The molecule has 0 amide bonds. The summed E-state index contributed by atoms with van der Waals surface area (Å²) in [5.41, 5.74) is 1.69. The maximum absolute atomic E-state index is 10.3. The molecule has 0 saturated heterocycles. The van der Waals surface area contributed by atoms with Gasteiger partial charge in [0.2, 0.25) is 0 Å². The van der Waals surface area contributed by atoms with Crippen molar-refractivity contribution in [3.8, 4) is 0 Å². The summed E-state index contributed by atoms with van der Waals surface area (Å²) in [7, 11) is 0. The molecule has 0 radical (unpaired) electrons. The molecule has 1 aromatic carbocycles. The quantitative estimate of drug-likeness (QED) is 0.856. The fraction of sp³-hybridized carbons (Fsp3) is 0.438. The summed E-state index contributed by atoms with van der Waals surface area (Å²) in [5.74, 6) is 0.673. The van der Waals surface area contributed by atoms with Crippen LogP contribution in [0.1, 0.15) is 44.8 Å². The molecule has 0 aliphatic heterocycles. The highest BCUT2D eigenvalue weighted by Crippen LogP contribution is 2.30. The Bertz CT molecular complexity index is 553. The van der Waals surface area contributed by atoms with Gasteiger partial charge in [-0.1, -0.05) is 44.4 Å². The van der Waals surface area contributed by atoms with Gasteiger partial charge in [-0.05, 0) is 30.5 Å². The van der Waals surface area contributed by atoms with Gasteiger partial charge in [0, 0.05) is 22.2 Å². The van der Waals surface area contributed by atoms with Crippen molar-refractivity contribution in [1.82, 2.24) is 4.98 Å². The van der Waals surface area contributed by atoms with E-state index in [-0.39, 0.29) is 0 Å². The third-order valence-corrected chi connectivity index (χ3v) is 3.70. The predicted octanol–water partition coefficient (Wildman–Crippen LogP) is 4.75. The zero-order valence-electron chi connectivity index (χ0n) is 11.4. The normalized spacial score (nSPS) is 13.1. The molecule has 2 rings (SSSR count). The molecule has 1 N–H and O–H groups in total. The van der Waals surface area contributed by atoms with Crippen molar-refractivity contribution in [3.63, 3.8) is 0 Å². The minimum absolute atomic E-state index is 0.464. The summed E-state index contributed by atoms with van der Waals surface area (Å²) in [6.07, 6.45) is 4.20. The molecule has 1 unspecified atom stereocenters. The summed E-state index contributed by atoms with van der Waals surface area (Å²) in [6, 6.07) is 7.53. The molecule has 3 heteroatoms. The zero-order valence-corrected chi connectivity index (χ0v) is 12.2. The van der Waals surface area contributed by atoms with E-state index in [1.807, 2.05) is 24.3 Å². The van der Waals surface area contributed by atoms with E-state index in [0.717, 1.165) is 35.7 Å². The van der Waals surface area contributed by atoms with Gasteiger partial charge in [-0.25, -0.2) is 0 Å². The van der Waals surface area contributed by atoms with Crippen molar-refractivity contribution >= 4 is 22.5 Å². The van der Waals surface area contributed by atoms with Crippen LogP contribution < -0.4 is 0 Å². The first-order valence-corrected chi connectivity index (χ1v) is 7.18. The maximum atomic E-state index is 10.3. The van der Waals surface area contributed by atoms with Crippen molar-refractivity contribution < 1.29 is 5.11 Å². The first-order valence-electron chi connectivity index (χ1n) is 6.80. The Balaban J connectivity index is 2.22. The fourth-order valence-corrected chi connectivity index (χ4v) is 2.52. The molecule has 0 fully saturated rings. The molecule has 1 atom stereocenters. The summed E-state index contributed by atoms with van der Waals surface area (Å²) in [5, 5.41) is 11.9. The number of rotatable bonds is 5. The van der Waals surface area contributed by atoms with Crippen LogP contribution in [0.4, 0.5) is 0 Å². The number of pyridine rings is 1. The van der Waals surface area contributed by atoms with Crippen LogP contribution in [0, 0.1) is 5.92 Å². The lowest BCUT2D eigenvalue weighted by Crippen LogP contribution is -2.01. The highest BCUT2D eigenvalue weighted by Gasteiger charge is 2.13. The number of aliphatic hydroxyl groups is 1. The Hall–Kier alpha value is -1.12. The second-order valence-electron chi connectivity index (χ2n) is 5.38. The minimum Gasteiger partial charge on any atom is -0.388 e. The number of nitrogens with zero attached hydrogens (tertiary/aromatic N) is 1. The smallest absolute Gasteiger partial charge is 0.0811 e. The van der Waals surface area contributed by atoms with Crippen molar-refractivity contribution in [2.75, 3.05) is 0 Å². The molecule has 2 nitrogen and oxygen atoms in total. The van der Waals surface area contributed by atoms with E-state index in [2.05, 4.69) is 18.8 Å². The lowest BCUT2D eigenvalue weighted by atomic mass is 9.98. The number of fused-ring (bicyclic) bond motifs is 1. The fourth-order valence-electron chi connectivity index (χ4n) is 2.30. The molecule has 0 spiro atoms. The average Bonchev–Trinajstić information content (AvgIpc) is 2.39. The summed E-state index contributed by atoms with van der Waals surface area (Å²) in [4.78, 5) is 4.36. The molecule has 0 aliphatic carbocycles. The number of hydrogen-bond donors (Lipinski definition) is 1. The molecule has 1 aromatic heterocycles. The second kappa shape index (κ2) is 6.36. The van der Waals surface area contributed by atoms with Gasteiger partial charge in [0.05, 0.1) is 11.6 Å². The lowest BCUT2D eigenvalue weighted by Gasteiger charge is -2.14. The number of aromatic nitrogens is 1. The Kier molecular flexibility index (Phi) is 4.78. The van der Waals surface area contributed by atoms with Crippen LogP contribution in [0.15, 0.2) is 30.5 Å². The monoisotopic (exact) mass is 277 g/mol. The van der Waals surface area contributed by atoms with E-state index in [4.69, 9.17) is 11.6 Å². The average molecular weight is 278 g/mol. The van der Waals surface area contributed by atoms with Gasteiger partial charge in [0.1, 0.15) is 0 Å². The van der Waals surface area contributed by atoms with Crippen LogP contribution in [0.25, 0.3) is 10.9 Å². The summed E-state index contributed by atoms with van der Waals surface area (Å²) >= 11 is 6.16. The lowest BCUT2D eigenvalue weighted by molar-refractivity contribution is 0.163. The van der Waals surface area contributed by atoms with E-state index in [9.17, 15) is 5.11 Å². The molecule has 0 bridgehead atoms. The van der Waals surface area contributed by atoms with Crippen molar-refractivity contribution in [2.24, 2.45) is 5.92 Å². The molecule has 1 heterocycles. The van der Waals surface area contributed by atoms with E-state index < -0.39 is 6.10 Å². The SMILES string of the molecule is CC(C)CCCC(O)c1ccc(Cl)c2cccnc12. The molecular weight excluding hydrogens is 258 g/mol. The molecule has 2 aromatic rings. The Morgan fingerprint density at radius 3 is 2.74 bits per heavy atom.